The van der Waals surface area contributed by atoms with Crippen LogP contribution in [-0.4, -0.2) is 19.2 Å². The van der Waals surface area contributed by atoms with Crippen LogP contribution in [0.5, 0.6) is 11.5 Å². The number of benzene rings is 1. The van der Waals surface area contributed by atoms with Gasteiger partial charge in [-0.3, -0.25) is 0 Å². The van der Waals surface area contributed by atoms with Crippen LogP contribution in [0.4, 0.5) is 0 Å². The second-order valence-electron chi connectivity index (χ2n) is 3.54. The maximum atomic E-state index is 5.41. The van der Waals surface area contributed by atoms with Gasteiger partial charge in [0.05, 0.1) is 25.5 Å². The number of para-hydroxylation sites is 1. The highest BCUT2D eigenvalue weighted by atomic mass is 32.1. The molecule has 0 bridgehead atoms. The number of thiazole rings is 1. The van der Waals surface area contributed by atoms with E-state index in [0.29, 0.717) is 0 Å². The van der Waals surface area contributed by atoms with E-state index in [-0.39, 0.29) is 0 Å². The molecule has 2 aromatic rings. The van der Waals surface area contributed by atoms with Crippen LogP contribution in [-0.2, 0) is 6.42 Å². The first-order valence-electron chi connectivity index (χ1n) is 8.46. The van der Waals surface area contributed by atoms with E-state index in [2.05, 4.69) is 17.3 Å². The summed E-state index contributed by atoms with van der Waals surface area (Å²) in [6.45, 7) is 14.1. The van der Waals surface area contributed by atoms with Gasteiger partial charge >= 0.3 is 0 Å². The Hall–Kier alpha value is -1.55. The first-order valence-corrected chi connectivity index (χ1v) is 9.33. The minimum Gasteiger partial charge on any atom is -0.493 e. The topological polar surface area (TPSA) is 31.4 Å². The molecule has 0 radical (unpaired) electrons. The monoisotopic (exact) mass is 339 g/mol. The van der Waals surface area contributed by atoms with Gasteiger partial charge in [0, 0.05) is 5.38 Å². The molecule has 0 N–H and O–H groups in total. The van der Waals surface area contributed by atoms with Crippen molar-refractivity contribution < 1.29 is 9.47 Å². The van der Waals surface area contributed by atoms with Crippen LogP contribution in [0.15, 0.2) is 23.6 Å². The van der Waals surface area contributed by atoms with Gasteiger partial charge in [0.25, 0.3) is 0 Å². The highest BCUT2D eigenvalue weighted by Gasteiger charge is 2.13. The van der Waals surface area contributed by atoms with Crippen molar-refractivity contribution in [2.75, 3.05) is 14.2 Å². The summed E-state index contributed by atoms with van der Waals surface area (Å²) in [6.07, 6.45) is 0.947. The summed E-state index contributed by atoms with van der Waals surface area (Å²) in [5, 5.41) is 3.05. The van der Waals surface area contributed by atoms with Gasteiger partial charge in [-0.05, 0) is 18.6 Å². The van der Waals surface area contributed by atoms with E-state index >= 15 is 0 Å². The zero-order valence-corrected chi connectivity index (χ0v) is 17.0. The molecule has 23 heavy (non-hydrogen) atoms. The average molecular weight is 340 g/mol. The third-order valence-electron chi connectivity index (χ3n) is 2.55. The quantitative estimate of drug-likeness (QED) is 0.640. The lowest BCUT2D eigenvalue weighted by molar-refractivity contribution is 0.356. The summed E-state index contributed by atoms with van der Waals surface area (Å²) < 4.78 is 10.7. The molecule has 0 aliphatic rings. The highest BCUT2D eigenvalue weighted by molar-refractivity contribution is 7.13. The molecule has 0 saturated heterocycles. The average Bonchev–Trinajstić information content (AvgIpc) is 3.15. The fraction of sp³-hybridized carbons (Fsp3) is 0.526. The smallest absolute Gasteiger partial charge is 0.170 e. The normalized spacial score (nSPS) is 8.39. The lowest BCUT2D eigenvalue weighted by atomic mass is 10.2. The second-order valence-corrected chi connectivity index (χ2v) is 4.40. The van der Waals surface area contributed by atoms with Crippen LogP contribution < -0.4 is 9.47 Å². The summed E-state index contributed by atoms with van der Waals surface area (Å²) in [5.41, 5.74) is 2.09. The molecule has 4 heteroatoms. The molecule has 0 aliphatic heterocycles. The largest absolute Gasteiger partial charge is 0.493 e. The fourth-order valence-corrected chi connectivity index (χ4v) is 2.57. The van der Waals surface area contributed by atoms with Gasteiger partial charge in [0.2, 0.25) is 0 Å². The third-order valence-corrected chi connectivity index (χ3v) is 3.47. The molecule has 1 aromatic carbocycles. The maximum absolute atomic E-state index is 5.41. The van der Waals surface area contributed by atoms with Crippen LogP contribution >= 0.6 is 11.3 Å². The molecule has 3 nitrogen and oxygen atoms in total. The molecule has 1 heterocycles. The Morgan fingerprint density at radius 2 is 1.57 bits per heavy atom. The molecule has 0 amide bonds. The van der Waals surface area contributed by atoms with E-state index in [0.717, 1.165) is 34.2 Å². The predicted molar refractivity (Wildman–Crippen MR) is 104 cm³/mol. The summed E-state index contributed by atoms with van der Waals surface area (Å²) in [5.74, 6) is 1.48. The highest BCUT2D eigenvalue weighted by Crippen LogP contribution is 2.38. The van der Waals surface area contributed by atoms with Crippen LogP contribution in [0.25, 0.3) is 10.6 Å². The summed E-state index contributed by atoms with van der Waals surface area (Å²) in [7, 11) is 3.29. The van der Waals surface area contributed by atoms with Gasteiger partial charge in [0.15, 0.2) is 11.5 Å². The first-order chi connectivity index (χ1) is 11.3. The SMILES string of the molecule is CC.CC.CC.CCc1csc(-c2cccc(OC)c2OC)n1. The van der Waals surface area contributed by atoms with Crippen molar-refractivity contribution in [2.45, 2.75) is 54.9 Å². The molecule has 0 unspecified atom stereocenters. The number of methoxy groups -OCH3 is 2. The molecular weight excluding hydrogens is 306 g/mol. The van der Waals surface area contributed by atoms with Crippen LogP contribution in [0.1, 0.15) is 54.2 Å². The van der Waals surface area contributed by atoms with E-state index in [1.165, 1.54) is 0 Å². The third kappa shape index (κ3) is 7.04. The Kier molecular flexibility index (Phi) is 15.8. The number of hydrogen-bond acceptors (Lipinski definition) is 4. The molecule has 0 aliphatic carbocycles. The van der Waals surface area contributed by atoms with Crippen molar-refractivity contribution in [1.82, 2.24) is 4.98 Å². The molecule has 2 rings (SSSR count). The fourth-order valence-electron chi connectivity index (χ4n) is 1.65. The van der Waals surface area contributed by atoms with E-state index in [1.807, 2.05) is 59.7 Å². The van der Waals surface area contributed by atoms with E-state index in [4.69, 9.17) is 9.47 Å². The minimum absolute atomic E-state index is 0.734. The number of aromatic nitrogens is 1. The van der Waals surface area contributed by atoms with Crippen LogP contribution in [0.3, 0.4) is 0 Å². The number of aryl methyl sites for hydroxylation is 1. The molecule has 0 atom stereocenters. The number of rotatable bonds is 4. The lowest BCUT2D eigenvalue weighted by Crippen LogP contribution is -1.93. The Bertz CT molecular complexity index is 510. The van der Waals surface area contributed by atoms with Crippen molar-refractivity contribution >= 4 is 11.3 Å². The van der Waals surface area contributed by atoms with Crippen molar-refractivity contribution in [3.8, 4) is 22.1 Å². The van der Waals surface area contributed by atoms with E-state index in [9.17, 15) is 0 Å². The van der Waals surface area contributed by atoms with Gasteiger partial charge in [-0.1, -0.05) is 54.5 Å². The van der Waals surface area contributed by atoms with Gasteiger partial charge in [-0.25, -0.2) is 4.98 Å². The first kappa shape index (κ1) is 23.7. The zero-order chi connectivity index (χ0) is 18.3. The molecule has 0 spiro atoms. The van der Waals surface area contributed by atoms with Crippen molar-refractivity contribution in [3.63, 3.8) is 0 Å². The van der Waals surface area contributed by atoms with Crippen molar-refractivity contribution in [3.05, 3.63) is 29.3 Å². The Morgan fingerprint density at radius 3 is 2.00 bits per heavy atom. The molecule has 1 aromatic heterocycles. The molecule has 132 valence electrons. The minimum atomic E-state index is 0.734. The Labute approximate surface area is 146 Å². The number of ether oxygens (including phenoxy) is 2. The maximum Gasteiger partial charge on any atom is 0.170 e. The Balaban J connectivity index is 0. The van der Waals surface area contributed by atoms with Crippen LogP contribution in [0.2, 0.25) is 0 Å². The van der Waals surface area contributed by atoms with Crippen LogP contribution in [0, 0.1) is 0 Å². The summed E-state index contributed by atoms with van der Waals surface area (Å²) in [6, 6.07) is 5.83. The summed E-state index contributed by atoms with van der Waals surface area (Å²) >= 11 is 1.63. The van der Waals surface area contributed by atoms with Gasteiger partial charge in [-0.15, -0.1) is 11.3 Å². The Morgan fingerprint density at radius 1 is 0.957 bits per heavy atom. The van der Waals surface area contributed by atoms with Gasteiger partial charge in [-0.2, -0.15) is 0 Å². The van der Waals surface area contributed by atoms with Crippen molar-refractivity contribution in [1.29, 1.82) is 0 Å². The van der Waals surface area contributed by atoms with Gasteiger partial charge < -0.3 is 9.47 Å². The zero-order valence-electron chi connectivity index (χ0n) is 16.2. The molecule has 0 fully saturated rings. The molecule has 0 saturated carbocycles. The lowest BCUT2D eigenvalue weighted by Gasteiger charge is -2.10. The standard InChI is InChI=1S/C13H15NO2S.3C2H6/c1-4-9-8-17-13(14-9)10-6-5-7-11(15-2)12(10)16-3;3*1-2/h5-8H,4H2,1-3H3;3*1-2H3. The number of hydrogen-bond donors (Lipinski definition) is 0. The molecular formula is C19H33NO2S. The number of nitrogens with zero attached hydrogens (tertiary/aromatic N) is 1. The van der Waals surface area contributed by atoms with E-state index < -0.39 is 0 Å². The predicted octanol–water partition coefficient (Wildman–Crippen LogP) is 6.47. The second kappa shape index (κ2) is 15.3. The van der Waals surface area contributed by atoms with E-state index in [1.54, 1.807) is 25.6 Å². The van der Waals surface area contributed by atoms with Gasteiger partial charge in [0.1, 0.15) is 5.01 Å². The van der Waals surface area contributed by atoms with Crippen molar-refractivity contribution in [2.24, 2.45) is 0 Å². The summed E-state index contributed by atoms with van der Waals surface area (Å²) in [4.78, 5) is 4.57.